The van der Waals surface area contributed by atoms with Gasteiger partial charge in [-0.2, -0.15) is 0 Å². The number of halogens is 2. The molecule has 0 aromatic heterocycles. The minimum absolute atomic E-state index is 0.143. The van der Waals surface area contributed by atoms with E-state index >= 15 is 0 Å². The summed E-state index contributed by atoms with van der Waals surface area (Å²) in [4.78, 5) is 12.2. The molecule has 118 valence electrons. The highest BCUT2D eigenvalue weighted by atomic mass is 35.5. The molecular formula is C16H14BClFNO3. The zero-order chi connectivity index (χ0) is 16.8. The largest absolute Gasteiger partial charge is 0.492 e. The number of amides is 1. The lowest BCUT2D eigenvalue weighted by Crippen LogP contribution is -2.29. The molecule has 0 unspecified atom stereocenters. The first-order valence-electron chi connectivity index (χ1n) is 7.04. The van der Waals surface area contributed by atoms with Crippen molar-refractivity contribution in [2.45, 2.75) is 19.4 Å². The highest BCUT2D eigenvalue weighted by Gasteiger charge is 2.40. The lowest BCUT2D eigenvalue weighted by molar-refractivity contribution is 0.100. The predicted molar refractivity (Wildman–Crippen MR) is 87.5 cm³/mol. The maximum atomic E-state index is 13.7. The maximum absolute atomic E-state index is 13.7. The molecule has 0 aliphatic carbocycles. The van der Waals surface area contributed by atoms with Crippen LogP contribution in [0.15, 0.2) is 36.4 Å². The summed E-state index contributed by atoms with van der Waals surface area (Å²) in [5.41, 5.74) is 1.12. The molecule has 0 fully saturated rings. The van der Waals surface area contributed by atoms with Crippen LogP contribution in [-0.4, -0.2) is 18.0 Å². The molecule has 0 atom stereocenters. The van der Waals surface area contributed by atoms with Gasteiger partial charge >= 0.3 is 7.12 Å². The molecule has 0 bridgehead atoms. The van der Waals surface area contributed by atoms with E-state index in [0.717, 1.165) is 11.6 Å². The Hall–Kier alpha value is -1.89. The molecule has 1 amide bonds. The summed E-state index contributed by atoms with van der Waals surface area (Å²) in [5.74, 6) is -1.27. The van der Waals surface area contributed by atoms with Gasteiger partial charge in [-0.05, 0) is 55.2 Å². The average molecular weight is 334 g/mol. The average Bonchev–Trinajstić information content (AvgIpc) is 2.71. The SMILES string of the molecule is CC1(C)OB(O)c2cc(NC(=O)c3cc(Cl)ccc3F)ccc21. The zero-order valence-corrected chi connectivity index (χ0v) is 13.3. The first-order chi connectivity index (χ1) is 10.8. The molecular weight excluding hydrogens is 319 g/mol. The standard InChI is InChI=1S/C16H14BClFNO3/c1-16(2)12-5-4-10(8-13(12)17(22)23-16)20-15(21)11-7-9(18)3-6-14(11)19/h3-8,22H,1-2H3,(H,20,21). The number of benzene rings is 2. The maximum Gasteiger partial charge on any atom is 0.492 e. The van der Waals surface area contributed by atoms with Gasteiger partial charge in [-0.15, -0.1) is 0 Å². The van der Waals surface area contributed by atoms with Crippen LogP contribution < -0.4 is 10.8 Å². The van der Waals surface area contributed by atoms with E-state index < -0.39 is 24.4 Å². The molecule has 0 saturated carbocycles. The zero-order valence-electron chi connectivity index (χ0n) is 12.6. The number of rotatable bonds is 2. The summed E-state index contributed by atoms with van der Waals surface area (Å²) in [6, 6.07) is 8.85. The number of carbonyl (C=O) groups excluding carboxylic acids is 1. The molecule has 2 N–H and O–H groups in total. The van der Waals surface area contributed by atoms with E-state index in [1.165, 1.54) is 12.1 Å². The third-order valence-electron chi connectivity index (χ3n) is 3.80. The van der Waals surface area contributed by atoms with E-state index in [0.29, 0.717) is 11.2 Å². The molecule has 4 nitrogen and oxygen atoms in total. The fourth-order valence-corrected chi connectivity index (χ4v) is 2.84. The molecule has 7 heteroatoms. The summed E-state index contributed by atoms with van der Waals surface area (Å²) in [6.07, 6.45) is 0. The normalized spacial score (nSPS) is 15.4. The van der Waals surface area contributed by atoms with Crippen molar-refractivity contribution in [3.05, 3.63) is 58.4 Å². The number of fused-ring (bicyclic) bond motifs is 1. The summed E-state index contributed by atoms with van der Waals surface area (Å²) in [7, 11) is -1.06. The monoisotopic (exact) mass is 333 g/mol. The quantitative estimate of drug-likeness (QED) is 0.831. The third kappa shape index (κ3) is 2.97. The summed E-state index contributed by atoms with van der Waals surface area (Å²) in [6.45, 7) is 3.70. The van der Waals surface area contributed by atoms with Gasteiger partial charge in [-0.25, -0.2) is 4.39 Å². The van der Waals surface area contributed by atoms with E-state index in [2.05, 4.69) is 5.32 Å². The Morgan fingerprint density at radius 2 is 2.04 bits per heavy atom. The van der Waals surface area contributed by atoms with Crippen LogP contribution in [0.5, 0.6) is 0 Å². The molecule has 2 aromatic carbocycles. The van der Waals surface area contributed by atoms with Crippen LogP contribution in [-0.2, 0) is 10.3 Å². The number of anilines is 1. The number of hydrogen-bond donors (Lipinski definition) is 2. The van der Waals surface area contributed by atoms with Crippen LogP contribution in [0.2, 0.25) is 5.02 Å². The fraction of sp³-hybridized carbons (Fsp3) is 0.188. The van der Waals surface area contributed by atoms with Crippen molar-refractivity contribution in [3.63, 3.8) is 0 Å². The fourth-order valence-electron chi connectivity index (χ4n) is 2.67. The summed E-state index contributed by atoms with van der Waals surface area (Å²) < 4.78 is 19.2. The van der Waals surface area contributed by atoms with Crippen molar-refractivity contribution in [3.8, 4) is 0 Å². The Labute approximate surface area is 138 Å². The first-order valence-corrected chi connectivity index (χ1v) is 7.42. The second-order valence-corrected chi connectivity index (χ2v) is 6.30. The minimum Gasteiger partial charge on any atom is -0.423 e. The Kier molecular flexibility index (Phi) is 3.92. The van der Waals surface area contributed by atoms with Gasteiger partial charge in [-0.3, -0.25) is 4.79 Å². The van der Waals surface area contributed by atoms with Crippen molar-refractivity contribution in [2.24, 2.45) is 0 Å². The lowest BCUT2D eigenvalue weighted by atomic mass is 9.78. The molecule has 3 rings (SSSR count). The van der Waals surface area contributed by atoms with E-state index in [1.807, 2.05) is 13.8 Å². The molecule has 1 aliphatic heterocycles. The van der Waals surface area contributed by atoms with Gasteiger partial charge in [0.1, 0.15) is 5.82 Å². The van der Waals surface area contributed by atoms with Crippen molar-refractivity contribution < 1.29 is 18.9 Å². The van der Waals surface area contributed by atoms with Gasteiger partial charge < -0.3 is 15.0 Å². The Morgan fingerprint density at radius 1 is 1.30 bits per heavy atom. The van der Waals surface area contributed by atoms with E-state index in [-0.39, 0.29) is 10.6 Å². The Morgan fingerprint density at radius 3 is 2.78 bits per heavy atom. The van der Waals surface area contributed by atoms with Gasteiger partial charge in [0.25, 0.3) is 5.91 Å². The molecule has 0 radical (unpaired) electrons. The van der Waals surface area contributed by atoms with E-state index in [1.54, 1.807) is 18.2 Å². The number of hydrogen-bond acceptors (Lipinski definition) is 3. The Bertz CT molecular complexity index is 797. The van der Waals surface area contributed by atoms with Gasteiger partial charge in [0.05, 0.1) is 11.2 Å². The van der Waals surface area contributed by atoms with Crippen LogP contribution in [0, 0.1) is 5.82 Å². The van der Waals surface area contributed by atoms with Crippen molar-refractivity contribution in [1.29, 1.82) is 0 Å². The molecule has 1 aliphatic rings. The van der Waals surface area contributed by atoms with E-state index in [9.17, 15) is 14.2 Å². The van der Waals surface area contributed by atoms with Crippen LogP contribution in [0.1, 0.15) is 29.8 Å². The van der Waals surface area contributed by atoms with Crippen LogP contribution in [0.3, 0.4) is 0 Å². The smallest absolute Gasteiger partial charge is 0.423 e. The molecule has 1 heterocycles. The van der Waals surface area contributed by atoms with Gasteiger partial charge in [0.2, 0.25) is 0 Å². The van der Waals surface area contributed by atoms with Crippen LogP contribution in [0.4, 0.5) is 10.1 Å². The van der Waals surface area contributed by atoms with Crippen molar-refractivity contribution >= 4 is 35.8 Å². The van der Waals surface area contributed by atoms with E-state index in [4.69, 9.17) is 16.3 Å². The second-order valence-electron chi connectivity index (χ2n) is 5.86. The topological polar surface area (TPSA) is 58.6 Å². The van der Waals surface area contributed by atoms with Gasteiger partial charge in [0.15, 0.2) is 0 Å². The number of nitrogens with one attached hydrogen (secondary N) is 1. The van der Waals surface area contributed by atoms with Crippen molar-refractivity contribution in [1.82, 2.24) is 0 Å². The van der Waals surface area contributed by atoms with Crippen molar-refractivity contribution in [2.75, 3.05) is 5.32 Å². The first kappa shape index (κ1) is 16.0. The second kappa shape index (κ2) is 5.63. The molecule has 0 spiro atoms. The highest BCUT2D eigenvalue weighted by molar-refractivity contribution is 6.62. The lowest BCUT2D eigenvalue weighted by Gasteiger charge is -2.19. The number of carbonyl (C=O) groups is 1. The molecule has 23 heavy (non-hydrogen) atoms. The highest BCUT2D eigenvalue weighted by Crippen LogP contribution is 2.30. The summed E-state index contributed by atoms with van der Waals surface area (Å²) in [5, 5.41) is 12.8. The Balaban J connectivity index is 1.88. The third-order valence-corrected chi connectivity index (χ3v) is 4.04. The summed E-state index contributed by atoms with van der Waals surface area (Å²) >= 11 is 5.79. The van der Waals surface area contributed by atoms with Gasteiger partial charge in [-0.1, -0.05) is 17.7 Å². The predicted octanol–water partition coefficient (Wildman–Crippen LogP) is 2.68. The molecule has 2 aromatic rings. The molecule has 0 saturated heterocycles. The minimum atomic E-state index is -1.06. The van der Waals surface area contributed by atoms with Gasteiger partial charge in [0, 0.05) is 10.7 Å². The van der Waals surface area contributed by atoms with Crippen LogP contribution in [0.25, 0.3) is 0 Å². The van der Waals surface area contributed by atoms with Crippen LogP contribution >= 0.6 is 11.6 Å².